The largest absolute Gasteiger partial charge is 0.240 e. The van der Waals surface area contributed by atoms with Crippen LogP contribution < -0.4 is 4.72 Å². The standard InChI is InChI=1S/C11H14INO2S/c12-6-7-13-16(14,15)11-5-4-9-2-1-3-10(9)8-11/h4-5,8,13H,1-3,6-7H2. The number of sulfonamides is 1. The summed E-state index contributed by atoms with van der Waals surface area (Å²) in [6, 6.07) is 5.47. The molecule has 0 amide bonds. The van der Waals surface area contributed by atoms with Crippen LogP contribution in [0, 0.1) is 0 Å². The van der Waals surface area contributed by atoms with Gasteiger partial charge in [-0.3, -0.25) is 0 Å². The molecule has 1 aliphatic rings. The van der Waals surface area contributed by atoms with Crippen LogP contribution in [0.2, 0.25) is 0 Å². The molecule has 88 valence electrons. The van der Waals surface area contributed by atoms with Crippen molar-refractivity contribution < 1.29 is 8.42 Å². The molecule has 0 bridgehead atoms. The summed E-state index contributed by atoms with van der Waals surface area (Å²) in [5.41, 5.74) is 2.49. The van der Waals surface area contributed by atoms with E-state index in [1.165, 1.54) is 11.1 Å². The molecule has 5 heteroatoms. The highest BCUT2D eigenvalue weighted by Gasteiger charge is 2.17. The minimum atomic E-state index is -3.30. The molecule has 0 fully saturated rings. The number of benzene rings is 1. The smallest absolute Gasteiger partial charge is 0.210 e. The third-order valence-corrected chi connectivity index (χ3v) is 4.76. The zero-order valence-electron chi connectivity index (χ0n) is 8.87. The highest BCUT2D eigenvalue weighted by Crippen LogP contribution is 2.24. The highest BCUT2D eigenvalue weighted by molar-refractivity contribution is 14.1. The maximum atomic E-state index is 11.9. The summed E-state index contributed by atoms with van der Waals surface area (Å²) in [6.45, 7) is 0.486. The Balaban J connectivity index is 2.27. The van der Waals surface area contributed by atoms with Gasteiger partial charge in [0.15, 0.2) is 0 Å². The van der Waals surface area contributed by atoms with Crippen LogP contribution in [0.3, 0.4) is 0 Å². The van der Waals surface area contributed by atoms with Gasteiger partial charge in [0.2, 0.25) is 10.0 Å². The van der Waals surface area contributed by atoms with Crippen molar-refractivity contribution in [2.75, 3.05) is 11.0 Å². The first-order chi connectivity index (χ1) is 7.63. The molecule has 0 aromatic heterocycles. The fourth-order valence-corrected chi connectivity index (χ4v) is 3.69. The van der Waals surface area contributed by atoms with Crippen LogP contribution in [-0.4, -0.2) is 19.4 Å². The average molecular weight is 351 g/mol. The second-order valence-corrected chi connectivity index (χ2v) is 6.72. The van der Waals surface area contributed by atoms with Crippen LogP contribution in [-0.2, 0) is 22.9 Å². The maximum absolute atomic E-state index is 11.9. The molecule has 0 saturated heterocycles. The summed E-state index contributed by atoms with van der Waals surface area (Å²) in [5, 5.41) is 0. The third kappa shape index (κ3) is 2.57. The number of hydrogen-bond acceptors (Lipinski definition) is 2. The first kappa shape index (κ1) is 12.3. The van der Waals surface area contributed by atoms with E-state index in [2.05, 4.69) is 27.3 Å². The summed E-state index contributed by atoms with van der Waals surface area (Å²) in [5.74, 6) is 0. The van der Waals surface area contributed by atoms with E-state index in [-0.39, 0.29) is 0 Å². The first-order valence-electron chi connectivity index (χ1n) is 5.31. The molecule has 0 saturated carbocycles. The van der Waals surface area contributed by atoms with Crippen LogP contribution in [0.4, 0.5) is 0 Å². The predicted molar refractivity (Wildman–Crippen MR) is 72.5 cm³/mol. The van der Waals surface area contributed by atoms with E-state index in [0.29, 0.717) is 11.4 Å². The fourth-order valence-electron chi connectivity index (χ4n) is 1.97. The number of halogens is 1. The molecule has 0 heterocycles. The zero-order chi connectivity index (χ0) is 11.6. The minimum Gasteiger partial charge on any atom is -0.210 e. The van der Waals surface area contributed by atoms with E-state index in [4.69, 9.17) is 0 Å². The molecule has 0 aliphatic heterocycles. The van der Waals surface area contributed by atoms with E-state index in [1.54, 1.807) is 6.07 Å². The van der Waals surface area contributed by atoms with Gasteiger partial charge in [0.25, 0.3) is 0 Å². The second kappa shape index (κ2) is 5.01. The molecular formula is C11H14INO2S. The molecule has 1 aliphatic carbocycles. The quantitative estimate of drug-likeness (QED) is 0.665. The molecular weight excluding hydrogens is 337 g/mol. The lowest BCUT2D eigenvalue weighted by molar-refractivity contribution is 0.584. The molecule has 1 aromatic carbocycles. The van der Waals surface area contributed by atoms with Gasteiger partial charge in [-0.1, -0.05) is 28.7 Å². The van der Waals surface area contributed by atoms with Gasteiger partial charge in [-0.05, 0) is 42.5 Å². The van der Waals surface area contributed by atoms with Gasteiger partial charge < -0.3 is 0 Å². The summed E-state index contributed by atoms with van der Waals surface area (Å²) in [7, 11) is -3.30. The summed E-state index contributed by atoms with van der Waals surface area (Å²) < 4.78 is 27.1. The van der Waals surface area contributed by atoms with Gasteiger partial charge in [-0.2, -0.15) is 0 Å². The third-order valence-electron chi connectivity index (χ3n) is 2.77. The Labute approximate surface area is 110 Å². The molecule has 0 atom stereocenters. The van der Waals surface area contributed by atoms with Crippen molar-refractivity contribution in [1.82, 2.24) is 4.72 Å². The van der Waals surface area contributed by atoms with Crippen LogP contribution in [0.15, 0.2) is 23.1 Å². The lowest BCUT2D eigenvalue weighted by Crippen LogP contribution is -2.25. The Morgan fingerprint density at radius 2 is 2.00 bits per heavy atom. The second-order valence-electron chi connectivity index (χ2n) is 3.87. The molecule has 16 heavy (non-hydrogen) atoms. The summed E-state index contributed by atoms with van der Waals surface area (Å²) >= 11 is 2.15. The van der Waals surface area contributed by atoms with Crippen molar-refractivity contribution in [2.24, 2.45) is 0 Å². The molecule has 0 unspecified atom stereocenters. The number of rotatable bonds is 4. The number of nitrogens with one attached hydrogen (secondary N) is 1. The Bertz CT molecular complexity index is 485. The number of aryl methyl sites for hydroxylation is 2. The zero-order valence-corrected chi connectivity index (χ0v) is 11.8. The van der Waals surface area contributed by atoms with Crippen LogP contribution >= 0.6 is 22.6 Å². The first-order valence-corrected chi connectivity index (χ1v) is 8.32. The van der Waals surface area contributed by atoms with Gasteiger partial charge >= 0.3 is 0 Å². The monoisotopic (exact) mass is 351 g/mol. The van der Waals surface area contributed by atoms with Crippen molar-refractivity contribution in [2.45, 2.75) is 24.2 Å². The van der Waals surface area contributed by atoms with E-state index >= 15 is 0 Å². The molecule has 1 N–H and O–H groups in total. The Morgan fingerprint density at radius 3 is 2.75 bits per heavy atom. The Morgan fingerprint density at radius 1 is 1.25 bits per heavy atom. The van der Waals surface area contributed by atoms with Crippen molar-refractivity contribution in [3.8, 4) is 0 Å². The van der Waals surface area contributed by atoms with Crippen molar-refractivity contribution >= 4 is 32.6 Å². The van der Waals surface area contributed by atoms with Gasteiger partial charge in [0, 0.05) is 11.0 Å². The molecule has 1 aromatic rings. The van der Waals surface area contributed by atoms with Gasteiger partial charge in [0.05, 0.1) is 4.90 Å². The van der Waals surface area contributed by atoms with E-state index < -0.39 is 10.0 Å². The van der Waals surface area contributed by atoms with Crippen molar-refractivity contribution in [3.05, 3.63) is 29.3 Å². The topological polar surface area (TPSA) is 46.2 Å². The molecule has 0 spiro atoms. The predicted octanol–water partition coefficient (Wildman–Crippen LogP) is 1.89. The van der Waals surface area contributed by atoms with E-state index in [0.717, 1.165) is 23.7 Å². The summed E-state index contributed by atoms with van der Waals surface area (Å²) in [4.78, 5) is 0.401. The lowest BCUT2D eigenvalue weighted by atomic mass is 10.1. The SMILES string of the molecule is O=S(=O)(NCCI)c1ccc2c(c1)CCC2. The highest BCUT2D eigenvalue weighted by atomic mass is 127. The van der Waals surface area contributed by atoms with Crippen LogP contribution in [0.25, 0.3) is 0 Å². The van der Waals surface area contributed by atoms with Gasteiger partial charge in [0.1, 0.15) is 0 Å². The number of hydrogen-bond donors (Lipinski definition) is 1. The minimum absolute atomic E-state index is 0.401. The van der Waals surface area contributed by atoms with E-state index in [9.17, 15) is 8.42 Å². The van der Waals surface area contributed by atoms with Crippen molar-refractivity contribution in [1.29, 1.82) is 0 Å². The Hall–Kier alpha value is -0.140. The summed E-state index contributed by atoms with van der Waals surface area (Å²) in [6.07, 6.45) is 3.22. The van der Waals surface area contributed by atoms with Crippen molar-refractivity contribution in [3.63, 3.8) is 0 Å². The van der Waals surface area contributed by atoms with Crippen LogP contribution in [0.5, 0.6) is 0 Å². The van der Waals surface area contributed by atoms with Gasteiger partial charge in [-0.15, -0.1) is 0 Å². The average Bonchev–Trinajstić information content (AvgIpc) is 2.73. The normalized spacial score (nSPS) is 15.1. The molecule has 0 radical (unpaired) electrons. The molecule has 3 nitrogen and oxygen atoms in total. The number of alkyl halides is 1. The molecule has 2 rings (SSSR count). The Kier molecular flexibility index (Phi) is 3.86. The fraction of sp³-hybridized carbons (Fsp3) is 0.455. The maximum Gasteiger partial charge on any atom is 0.240 e. The van der Waals surface area contributed by atoms with Crippen LogP contribution in [0.1, 0.15) is 17.5 Å². The number of fused-ring (bicyclic) bond motifs is 1. The van der Waals surface area contributed by atoms with Gasteiger partial charge in [-0.25, -0.2) is 13.1 Å². The van der Waals surface area contributed by atoms with E-state index in [1.807, 2.05) is 12.1 Å². The lowest BCUT2D eigenvalue weighted by Gasteiger charge is -2.07.